The van der Waals surface area contributed by atoms with E-state index in [2.05, 4.69) is 10.6 Å². The molecule has 3 rings (SSSR count). The first-order chi connectivity index (χ1) is 13.8. The molecule has 0 unspecified atom stereocenters. The van der Waals surface area contributed by atoms with E-state index in [1.54, 1.807) is 24.3 Å². The summed E-state index contributed by atoms with van der Waals surface area (Å²) in [4.78, 5) is 27.2. The summed E-state index contributed by atoms with van der Waals surface area (Å²) in [6.07, 6.45) is 0. The quantitative estimate of drug-likeness (QED) is 0.656. The van der Waals surface area contributed by atoms with Crippen LogP contribution in [0, 0.1) is 13.8 Å². The van der Waals surface area contributed by atoms with Crippen molar-refractivity contribution in [3.05, 3.63) is 89.0 Å². The highest BCUT2D eigenvalue weighted by molar-refractivity contribution is 6.08. The first kappa shape index (κ1) is 20.1. The summed E-state index contributed by atoms with van der Waals surface area (Å²) in [6.45, 7) is 4.03. The van der Waals surface area contributed by atoms with E-state index in [1.165, 1.54) is 5.56 Å². The van der Waals surface area contributed by atoms with Gasteiger partial charge in [0.25, 0.3) is 11.8 Å². The molecule has 2 N–H and O–H groups in total. The molecule has 29 heavy (non-hydrogen) atoms. The Balaban J connectivity index is 1.71. The molecular weight excluding hydrogens is 362 g/mol. The maximum atomic E-state index is 12.6. The van der Waals surface area contributed by atoms with Gasteiger partial charge in [-0.1, -0.05) is 12.1 Å². The minimum atomic E-state index is -0.261. The van der Waals surface area contributed by atoms with Crippen LogP contribution in [0.4, 0.5) is 17.1 Å². The summed E-state index contributed by atoms with van der Waals surface area (Å²) in [7, 11) is 3.92. The molecule has 3 aromatic carbocycles. The first-order valence-electron chi connectivity index (χ1n) is 9.41. The highest BCUT2D eigenvalue weighted by Crippen LogP contribution is 2.18. The number of nitrogens with zero attached hydrogens (tertiary/aromatic N) is 1. The van der Waals surface area contributed by atoms with Crippen LogP contribution in [-0.4, -0.2) is 25.9 Å². The van der Waals surface area contributed by atoms with Crippen LogP contribution in [-0.2, 0) is 0 Å². The Morgan fingerprint density at radius 1 is 0.690 bits per heavy atom. The van der Waals surface area contributed by atoms with Gasteiger partial charge in [0, 0.05) is 42.3 Å². The molecule has 0 radical (unpaired) electrons. The van der Waals surface area contributed by atoms with Crippen LogP contribution in [0.15, 0.2) is 66.7 Å². The zero-order valence-electron chi connectivity index (χ0n) is 17.1. The molecule has 5 heteroatoms. The van der Waals surface area contributed by atoms with Gasteiger partial charge in [-0.05, 0) is 79.6 Å². The van der Waals surface area contributed by atoms with Gasteiger partial charge in [-0.3, -0.25) is 9.59 Å². The Hall–Kier alpha value is -3.60. The number of carbonyl (C=O) groups excluding carboxylic acids is 2. The fourth-order valence-electron chi connectivity index (χ4n) is 2.87. The van der Waals surface area contributed by atoms with Gasteiger partial charge in [-0.25, -0.2) is 0 Å². The molecule has 0 saturated heterocycles. The van der Waals surface area contributed by atoms with Gasteiger partial charge in [0.05, 0.1) is 0 Å². The van der Waals surface area contributed by atoms with E-state index in [9.17, 15) is 9.59 Å². The Morgan fingerprint density at radius 2 is 1.24 bits per heavy atom. The summed E-state index contributed by atoms with van der Waals surface area (Å²) in [6, 6.07) is 20.0. The van der Waals surface area contributed by atoms with Crippen LogP contribution in [0.2, 0.25) is 0 Å². The van der Waals surface area contributed by atoms with Crippen LogP contribution in [0.5, 0.6) is 0 Å². The van der Waals surface area contributed by atoms with E-state index >= 15 is 0 Å². The molecule has 0 heterocycles. The highest BCUT2D eigenvalue weighted by Gasteiger charge is 2.12. The number of carbonyl (C=O) groups is 2. The van der Waals surface area contributed by atoms with E-state index in [0.717, 1.165) is 16.9 Å². The lowest BCUT2D eigenvalue weighted by Gasteiger charge is -2.13. The molecule has 5 nitrogen and oxygen atoms in total. The van der Waals surface area contributed by atoms with Gasteiger partial charge in [-0.2, -0.15) is 0 Å². The number of anilines is 3. The molecule has 0 atom stereocenters. The van der Waals surface area contributed by atoms with Crippen molar-refractivity contribution in [2.45, 2.75) is 13.8 Å². The number of hydrogen-bond donors (Lipinski definition) is 2. The third-order valence-electron chi connectivity index (χ3n) is 4.79. The molecule has 0 aromatic heterocycles. The molecule has 3 aromatic rings. The van der Waals surface area contributed by atoms with Crippen molar-refractivity contribution in [2.75, 3.05) is 29.6 Å². The molecule has 0 aliphatic carbocycles. The average molecular weight is 387 g/mol. The number of amides is 2. The minimum absolute atomic E-state index is 0.252. The Bertz CT molecular complexity index is 1040. The van der Waals surface area contributed by atoms with Crippen molar-refractivity contribution in [1.82, 2.24) is 0 Å². The van der Waals surface area contributed by atoms with Crippen molar-refractivity contribution >= 4 is 28.9 Å². The number of benzene rings is 3. The van der Waals surface area contributed by atoms with E-state index in [4.69, 9.17) is 0 Å². The van der Waals surface area contributed by atoms with E-state index in [1.807, 2.05) is 75.3 Å². The molecule has 0 aliphatic rings. The monoisotopic (exact) mass is 387 g/mol. The second-order valence-corrected chi connectivity index (χ2v) is 7.23. The lowest BCUT2D eigenvalue weighted by Crippen LogP contribution is -2.16. The molecule has 0 spiro atoms. The van der Waals surface area contributed by atoms with Crippen LogP contribution in [0.1, 0.15) is 31.8 Å². The third kappa shape index (κ3) is 5.02. The third-order valence-corrected chi connectivity index (χ3v) is 4.79. The number of rotatable bonds is 5. The van der Waals surface area contributed by atoms with E-state index < -0.39 is 0 Å². The van der Waals surface area contributed by atoms with Crippen LogP contribution in [0.3, 0.4) is 0 Å². The van der Waals surface area contributed by atoms with Crippen LogP contribution >= 0.6 is 0 Å². The number of nitrogens with one attached hydrogen (secondary N) is 2. The summed E-state index contributed by atoms with van der Waals surface area (Å²) in [5, 5.41) is 5.75. The second kappa shape index (κ2) is 8.61. The van der Waals surface area contributed by atoms with Crippen LogP contribution < -0.4 is 15.5 Å². The topological polar surface area (TPSA) is 61.4 Å². The van der Waals surface area contributed by atoms with Crippen molar-refractivity contribution in [2.24, 2.45) is 0 Å². The van der Waals surface area contributed by atoms with E-state index in [-0.39, 0.29) is 11.8 Å². The maximum Gasteiger partial charge on any atom is 0.255 e. The predicted octanol–water partition coefficient (Wildman–Crippen LogP) is 4.87. The van der Waals surface area contributed by atoms with Crippen molar-refractivity contribution in [3.63, 3.8) is 0 Å². The Kier molecular flexibility index (Phi) is 5.98. The number of aryl methyl sites for hydroxylation is 2. The lowest BCUT2D eigenvalue weighted by molar-refractivity contribution is 0.102. The normalized spacial score (nSPS) is 10.3. The van der Waals surface area contributed by atoms with Crippen molar-refractivity contribution < 1.29 is 9.59 Å². The lowest BCUT2D eigenvalue weighted by atomic mass is 10.1. The Labute approximate surface area is 171 Å². The SMILES string of the molecule is Cc1ccc(NC(=O)c2cccc(C(=O)Nc3ccc(N(C)C)cc3)c2)cc1C. The van der Waals surface area contributed by atoms with E-state index in [0.29, 0.717) is 16.8 Å². The predicted molar refractivity (Wildman–Crippen MR) is 119 cm³/mol. The molecule has 2 amide bonds. The van der Waals surface area contributed by atoms with Gasteiger partial charge in [0.15, 0.2) is 0 Å². The summed E-state index contributed by atoms with van der Waals surface area (Å²) < 4.78 is 0. The van der Waals surface area contributed by atoms with Gasteiger partial charge >= 0.3 is 0 Å². The summed E-state index contributed by atoms with van der Waals surface area (Å²) in [5.74, 6) is -0.512. The molecule has 0 fully saturated rings. The van der Waals surface area contributed by atoms with Gasteiger partial charge < -0.3 is 15.5 Å². The van der Waals surface area contributed by atoms with Gasteiger partial charge in [-0.15, -0.1) is 0 Å². The largest absolute Gasteiger partial charge is 0.378 e. The smallest absolute Gasteiger partial charge is 0.255 e. The fraction of sp³-hybridized carbons (Fsp3) is 0.167. The molecule has 0 bridgehead atoms. The van der Waals surface area contributed by atoms with Gasteiger partial charge in [0.1, 0.15) is 0 Å². The zero-order valence-corrected chi connectivity index (χ0v) is 17.1. The summed E-state index contributed by atoms with van der Waals surface area (Å²) in [5.41, 5.74) is 5.61. The number of hydrogen-bond acceptors (Lipinski definition) is 3. The Morgan fingerprint density at radius 3 is 1.79 bits per heavy atom. The van der Waals surface area contributed by atoms with Gasteiger partial charge in [0.2, 0.25) is 0 Å². The van der Waals surface area contributed by atoms with Crippen LogP contribution in [0.25, 0.3) is 0 Å². The zero-order chi connectivity index (χ0) is 21.0. The maximum absolute atomic E-state index is 12.6. The molecule has 0 saturated carbocycles. The second-order valence-electron chi connectivity index (χ2n) is 7.23. The fourth-order valence-corrected chi connectivity index (χ4v) is 2.87. The molecule has 148 valence electrons. The first-order valence-corrected chi connectivity index (χ1v) is 9.41. The van der Waals surface area contributed by atoms with Crippen molar-refractivity contribution in [1.29, 1.82) is 0 Å². The standard InChI is InChI=1S/C24H25N3O2/c1-16-8-9-21(14-17(16)2)26-24(29)19-7-5-6-18(15-19)23(28)25-20-10-12-22(13-11-20)27(3)4/h5-15H,1-4H3,(H,25,28)(H,26,29). The van der Waals surface area contributed by atoms with Crippen molar-refractivity contribution in [3.8, 4) is 0 Å². The molecular formula is C24H25N3O2. The average Bonchev–Trinajstić information content (AvgIpc) is 2.71. The highest BCUT2D eigenvalue weighted by atomic mass is 16.2. The minimum Gasteiger partial charge on any atom is -0.378 e. The summed E-state index contributed by atoms with van der Waals surface area (Å²) >= 11 is 0. The molecule has 0 aliphatic heterocycles.